The van der Waals surface area contributed by atoms with Gasteiger partial charge in [-0.3, -0.25) is 9.29 Å². The molecule has 2 nitrogen and oxygen atoms in total. The third kappa shape index (κ3) is 3.21. The molecule has 2 unspecified atom stereocenters. The van der Waals surface area contributed by atoms with Gasteiger partial charge in [-0.2, -0.15) is 0 Å². The fraction of sp³-hybridized carbons (Fsp3) is 1.00. The van der Waals surface area contributed by atoms with Crippen LogP contribution < -0.4 is 5.32 Å². The Bertz CT molecular complexity index is 161. The van der Waals surface area contributed by atoms with E-state index in [2.05, 4.69) is 31.0 Å². The van der Waals surface area contributed by atoms with Crippen LogP contribution in [0, 0.1) is 5.92 Å². The second-order valence-electron chi connectivity index (χ2n) is 4.65. The van der Waals surface area contributed by atoms with Crippen molar-refractivity contribution in [1.82, 2.24) is 10.2 Å². The maximum Gasteiger partial charge on any atom is 0.0906 e. The van der Waals surface area contributed by atoms with Crippen LogP contribution in [-0.2, 0) is 0 Å². The number of alkyl halides is 1. The normalized spacial score (nSPS) is 29.8. The lowest BCUT2D eigenvalue weighted by Crippen LogP contribution is -2.57. The van der Waals surface area contributed by atoms with Gasteiger partial charge in [-0.1, -0.05) is 13.8 Å². The molecule has 1 saturated heterocycles. The van der Waals surface area contributed by atoms with Crippen LogP contribution in [0.15, 0.2) is 0 Å². The van der Waals surface area contributed by atoms with Gasteiger partial charge in [0.25, 0.3) is 0 Å². The summed E-state index contributed by atoms with van der Waals surface area (Å²) in [5.41, 5.74) is 0. The lowest BCUT2D eigenvalue weighted by atomic mass is 10.00. The van der Waals surface area contributed by atoms with Crippen molar-refractivity contribution in [3.05, 3.63) is 0 Å². The molecule has 0 aromatic heterocycles. The maximum atomic E-state index is 12.1. The first-order chi connectivity index (χ1) is 6.65. The first-order valence-electron chi connectivity index (χ1n) is 5.68. The highest BCUT2D eigenvalue weighted by molar-refractivity contribution is 4.85. The Morgan fingerprint density at radius 1 is 1.50 bits per heavy atom. The summed E-state index contributed by atoms with van der Waals surface area (Å²) < 4.78 is 12.1. The lowest BCUT2D eigenvalue weighted by molar-refractivity contribution is 0.119. The van der Waals surface area contributed by atoms with Crippen LogP contribution >= 0.6 is 0 Å². The maximum absolute atomic E-state index is 12.1. The quantitative estimate of drug-likeness (QED) is 0.746. The Balaban J connectivity index is 2.38. The molecule has 0 amide bonds. The summed E-state index contributed by atoms with van der Waals surface area (Å²) in [6.45, 7) is 9.50. The van der Waals surface area contributed by atoms with Crippen LogP contribution in [0.5, 0.6) is 0 Å². The SMILES string of the molecule is CC(C)C1CN(CCCF)C(C)CN1. The van der Waals surface area contributed by atoms with E-state index in [4.69, 9.17) is 0 Å². The van der Waals surface area contributed by atoms with Crippen LogP contribution in [0.1, 0.15) is 27.2 Å². The van der Waals surface area contributed by atoms with Crippen LogP contribution in [-0.4, -0.2) is 43.3 Å². The minimum absolute atomic E-state index is 0.191. The molecule has 1 rings (SSSR count). The van der Waals surface area contributed by atoms with Crippen molar-refractivity contribution < 1.29 is 4.39 Å². The number of nitrogens with one attached hydrogen (secondary N) is 1. The zero-order chi connectivity index (χ0) is 10.6. The van der Waals surface area contributed by atoms with Crippen molar-refractivity contribution in [2.75, 3.05) is 26.3 Å². The molecule has 14 heavy (non-hydrogen) atoms. The van der Waals surface area contributed by atoms with E-state index in [1.165, 1.54) is 0 Å². The molecule has 0 saturated carbocycles. The molecule has 0 spiro atoms. The summed E-state index contributed by atoms with van der Waals surface area (Å²) in [4.78, 5) is 2.40. The second-order valence-corrected chi connectivity index (χ2v) is 4.65. The van der Waals surface area contributed by atoms with Crippen molar-refractivity contribution in [3.63, 3.8) is 0 Å². The van der Waals surface area contributed by atoms with E-state index in [1.54, 1.807) is 0 Å². The average molecular weight is 202 g/mol. The van der Waals surface area contributed by atoms with E-state index in [9.17, 15) is 4.39 Å². The average Bonchev–Trinajstić information content (AvgIpc) is 2.16. The predicted octanol–water partition coefficient (Wildman–Crippen LogP) is 1.66. The third-order valence-corrected chi connectivity index (χ3v) is 3.11. The molecule has 1 aliphatic heterocycles. The molecule has 2 atom stereocenters. The summed E-state index contributed by atoms with van der Waals surface area (Å²) in [5.74, 6) is 0.662. The van der Waals surface area contributed by atoms with Crippen LogP contribution in [0.25, 0.3) is 0 Å². The largest absolute Gasteiger partial charge is 0.311 e. The van der Waals surface area contributed by atoms with E-state index in [0.29, 0.717) is 24.4 Å². The number of hydrogen-bond donors (Lipinski definition) is 1. The van der Waals surface area contributed by atoms with Gasteiger partial charge in [0, 0.05) is 31.7 Å². The molecular formula is C11H23FN2. The van der Waals surface area contributed by atoms with Gasteiger partial charge in [-0.05, 0) is 19.3 Å². The second kappa shape index (κ2) is 5.66. The van der Waals surface area contributed by atoms with Gasteiger partial charge in [-0.15, -0.1) is 0 Å². The molecule has 1 N–H and O–H groups in total. The third-order valence-electron chi connectivity index (χ3n) is 3.11. The Labute approximate surface area is 86.9 Å². The molecule has 1 aliphatic rings. The number of nitrogens with zero attached hydrogens (tertiary/aromatic N) is 1. The van der Waals surface area contributed by atoms with Crippen molar-refractivity contribution >= 4 is 0 Å². The monoisotopic (exact) mass is 202 g/mol. The van der Waals surface area contributed by atoms with Gasteiger partial charge in [-0.25, -0.2) is 0 Å². The summed E-state index contributed by atoms with van der Waals surface area (Å²) in [7, 11) is 0. The van der Waals surface area contributed by atoms with E-state index >= 15 is 0 Å². The van der Waals surface area contributed by atoms with Gasteiger partial charge in [0.1, 0.15) is 0 Å². The highest BCUT2D eigenvalue weighted by atomic mass is 19.1. The smallest absolute Gasteiger partial charge is 0.0906 e. The summed E-state index contributed by atoms with van der Waals surface area (Å²) in [5, 5.41) is 3.54. The Morgan fingerprint density at radius 3 is 2.79 bits per heavy atom. The topological polar surface area (TPSA) is 15.3 Å². The molecule has 0 aromatic rings. The number of rotatable bonds is 4. The van der Waals surface area contributed by atoms with Crippen molar-refractivity contribution in [2.24, 2.45) is 5.92 Å². The standard InChI is InChI=1S/C11H23FN2/c1-9(2)11-8-14(6-4-5-12)10(3)7-13-11/h9-11,13H,4-8H2,1-3H3. The Hall–Kier alpha value is -0.150. The van der Waals surface area contributed by atoms with Crippen LogP contribution in [0.3, 0.4) is 0 Å². The van der Waals surface area contributed by atoms with Crippen LogP contribution in [0.2, 0.25) is 0 Å². The number of hydrogen-bond acceptors (Lipinski definition) is 2. The molecular weight excluding hydrogens is 179 g/mol. The van der Waals surface area contributed by atoms with Gasteiger partial charge < -0.3 is 5.32 Å². The van der Waals surface area contributed by atoms with E-state index < -0.39 is 0 Å². The molecule has 0 bridgehead atoms. The first-order valence-corrected chi connectivity index (χ1v) is 5.68. The fourth-order valence-electron chi connectivity index (χ4n) is 1.97. The highest BCUT2D eigenvalue weighted by Crippen LogP contribution is 2.12. The molecule has 0 radical (unpaired) electrons. The van der Waals surface area contributed by atoms with E-state index in [-0.39, 0.29) is 6.67 Å². The van der Waals surface area contributed by atoms with E-state index in [1.807, 2.05) is 0 Å². The van der Waals surface area contributed by atoms with Gasteiger partial charge in [0.05, 0.1) is 6.67 Å². The zero-order valence-electron chi connectivity index (χ0n) is 9.59. The Kier molecular flexibility index (Phi) is 4.82. The summed E-state index contributed by atoms with van der Waals surface area (Å²) >= 11 is 0. The minimum Gasteiger partial charge on any atom is -0.311 e. The van der Waals surface area contributed by atoms with Gasteiger partial charge in [0.2, 0.25) is 0 Å². The fourth-order valence-corrected chi connectivity index (χ4v) is 1.97. The molecule has 84 valence electrons. The lowest BCUT2D eigenvalue weighted by Gasteiger charge is -2.40. The van der Waals surface area contributed by atoms with Crippen molar-refractivity contribution in [1.29, 1.82) is 0 Å². The van der Waals surface area contributed by atoms with Crippen molar-refractivity contribution in [3.8, 4) is 0 Å². The molecule has 0 aromatic carbocycles. The highest BCUT2D eigenvalue weighted by Gasteiger charge is 2.25. The zero-order valence-corrected chi connectivity index (χ0v) is 9.59. The van der Waals surface area contributed by atoms with E-state index in [0.717, 1.165) is 19.6 Å². The first kappa shape index (κ1) is 11.9. The number of halogens is 1. The van der Waals surface area contributed by atoms with Gasteiger partial charge >= 0.3 is 0 Å². The Morgan fingerprint density at radius 2 is 2.21 bits per heavy atom. The predicted molar refractivity (Wildman–Crippen MR) is 58.3 cm³/mol. The minimum atomic E-state index is -0.191. The van der Waals surface area contributed by atoms with Crippen LogP contribution in [0.4, 0.5) is 4.39 Å². The number of piperazine rings is 1. The molecule has 1 fully saturated rings. The summed E-state index contributed by atoms with van der Waals surface area (Å²) in [6, 6.07) is 1.13. The molecule has 1 heterocycles. The van der Waals surface area contributed by atoms with Gasteiger partial charge in [0.15, 0.2) is 0 Å². The molecule has 0 aliphatic carbocycles. The molecule has 3 heteroatoms. The van der Waals surface area contributed by atoms with Crippen molar-refractivity contribution in [2.45, 2.75) is 39.3 Å². The summed E-state index contributed by atoms with van der Waals surface area (Å²) in [6.07, 6.45) is 0.676.